The fourth-order valence-corrected chi connectivity index (χ4v) is 1.42. The number of benzene rings is 1. The van der Waals surface area contributed by atoms with Gasteiger partial charge in [-0.15, -0.1) is 13.2 Å². The molecule has 114 valence electrons. The fraction of sp³-hybridized carbons (Fsp3) is 0.273. The third kappa shape index (κ3) is 3.77. The molecular formula is C11H5F6NO3. The zero-order valence-electron chi connectivity index (χ0n) is 10.1. The minimum atomic E-state index is -5.47. The number of esters is 1. The van der Waals surface area contributed by atoms with Crippen LogP contribution in [0.5, 0.6) is 5.75 Å². The van der Waals surface area contributed by atoms with Crippen LogP contribution in [0.2, 0.25) is 0 Å². The van der Waals surface area contributed by atoms with Crippen molar-refractivity contribution in [3.8, 4) is 11.8 Å². The molecule has 0 saturated heterocycles. The summed E-state index contributed by atoms with van der Waals surface area (Å²) in [5.74, 6) is -3.06. The summed E-state index contributed by atoms with van der Waals surface area (Å²) >= 11 is 0. The molecule has 1 aromatic rings. The van der Waals surface area contributed by atoms with Gasteiger partial charge in [0.05, 0.1) is 18.2 Å². The van der Waals surface area contributed by atoms with Gasteiger partial charge in [-0.1, -0.05) is 0 Å². The van der Waals surface area contributed by atoms with E-state index in [4.69, 9.17) is 5.26 Å². The summed E-state index contributed by atoms with van der Waals surface area (Å²) in [4.78, 5) is 11.3. The number of rotatable bonds is 2. The highest BCUT2D eigenvalue weighted by Gasteiger charge is 2.42. The molecule has 0 amide bonds. The normalized spacial score (nSPS) is 11.7. The van der Waals surface area contributed by atoms with Gasteiger partial charge in [-0.25, -0.2) is 4.79 Å². The summed E-state index contributed by atoms with van der Waals surface area (Å²) in [6.07, 6.45) is -10.7. The lowest BCUT2D eigenvalue weighted by Crippen LogP contribution is -2.22. The minimum absolute atomic E-state index is 0.203. The fourth-order valence-electron chi connectivity index (χ4n) is 1.42. The van der Waals surface area contributed by atoms with E-state index in [2.05, 4.69) is 9.47 Å². The van der Waals surface area contributed by atoms with E-state index in [0.29, 0.717) is 6.07 Å². The molecule has 0 saturated carbocycles. The standard InChI is InChI=1S/C11H5F6NO3/c1-20-9(19)5-2-3-7(10(12,13)14)8(6(5)4-18)21-11(15,16)17/h2-3H,1H3. The van der Waals surface area contributed by atoms with Crippen molar-refractivity contribution in [1.29, 1.82) is 5.26 Å². The highest BCUT2D eigenvalue weighted by atomic mass is 19.4. The molecule has 0 N–H and O–H groups in total. The largest absolute Gasteiger partial charge is 0.573 e. The number of carbonyl (C=O) groups excluding carboxylic acids is 1. The highest BCUT2D eigenvalue weighted by Crippen LogP contribution is 2.41. The molecule has 10 heteroatoms. The molecule has 21 heavy (non-hydrogen) atoms. The maximum Gasteiger partial charge on any atom is 0.573 e. The second-order valence-corrected chi connectivity index (χ2v) is 3.51. The Balaban J connectivity index is 3.65. The summed E-state index contributed by atoms with van der Waals surface area (Å²) in [5, 5.41) is 8.76. The van der Waals surface area contributed by atoms with E-state index in [9.17, 15) is 31.1 Å². The van der Waals surface area contributed by atoms with Crippen molar-refractivity contribution in [1.82, 2.24) is 0 Å². The molecule has 0 aliphatic rings. The molecular weight excluding hydrogens is 308 g/mol. The second-order valence-electron chi connectivity index (χ2n) is 3.51. The first kappa shape index (κ1) is 16.6. The van der Waals surface area contributed by atoms with Crippen LogP contribution in [0, 0.1) is 11.3 Å². The van der Waals surface area contributed by atoms with Crippen LogP contribution in [0.1, 0.15) is 21.5 Å². The van der Waals surface area contributed by atoms with E-state index in [1.54, 1.807) is 0 Å². The highest BCUT2D eigenvalue weighted by molar-refractivity contribution is 5.93. The molecule has 0 unspecified atom stereocenters. The third-order valence-electron chi connectivity index (χ3n) is 2.20. The van der Waals surface area contributed by atoms with E-state index in [0.717, 1.165) is 13.2 Å². The van der Waals surface area contributed by atoms with Crippen molar-refractivity contribution >= 4 is 5.97 Å². The lowest BCUT2D eigenvalue weighted by Gasteiger charge is -2.17. The zero-order valence-corrected chi connectivity index (χ0v) is 10.1. The third-order valence-corrected chi connectivity index (χ3v) is 2.20. The van der Waals surface area contributed by atoms with E-state index in [-0.39, 0.29) is 6.07 Å². The summed E-state index contributed by atoms with van der Waals surface area (Å²) in [6, 6.07) is 1.83. The van der Waals surface area contributed by atoms with Gasteiger partial charge in [0, 0.05) is 0 Å². The van der Waals surface area contributed by atoms with Crippen LogP contribution < -0.4 is 4.74 Å². The first-order valence-electron chi connectivity index (χ1n) is 4.99. The van der Waals surface area contributed by atoms with Crippen LogP contribution in [0.4, 0.5) is 26.3 Å². The number of carbonyl (C=O) groups is 1. The quantitative estimate of drug-likeness (QED) is 0.621. The van der Waals surface area contributed by atoms with Crippen molar-refractivity contribution in [3.05, 3.63) is 28.8 Å². The van der Waals surface area contributed by atoms with Crippen molar-refractivity contribution in [2.24, 2.45) is 0 Å². The number of hydrogen-bond donors (Lipinski definition) is 0. The Hall–Kier alpha value is -2.44. The van der Waals surface area contributed by atoms with Crippen LogP contribution in [0.15, 0.2) is 12.1 Å². The molecule has 0 radical (unpaired) electrons. The van der Waals surface area contributed by atoms with Crippen LogP contribution in [-0.2, 0) is 10.9 Å². The number of ether oxygens (including phenoxy) is 2. The molecule has 0 fully saturated rings. The Morgan fingerprint density at radius 1 is 1.19 bits per heavy atom. The van der Waals surface area contributed by atoms with Gasteiger partial charge in [0.15, 0.2) is 5.75 Å². The summed E-state index contributed by atoms with van der Waals surface area (Å²) in [7, 11) is 0.853. The number of hydrogen-bond acceptors (Lipinski definition) is 4. The van der Waals surface area contributed by atoms with E-state index < -0.39 is 40.9 Å². The number of alkyl halides is 6. The molecule has 0 spiro atoms. The van der Waals surface area contributed by atoms with Gasteiger partial charge in [0.2, 0.25) is 0 Å². The summed E-state index contributed by atoms with van der Waals surface area (Å²) in [6.45, 7) is 0. The van der Waals surface area contributed by atoms with Gasteiger partial charge in [0.25, 0.3) is 0 Å². The predicted molar refractivity (Wildman–Crippen MR) is 54.2 cm³/mol. The maximum atomic E-state index is 12.7. The van der Waals surface area contributed by atoms with Gasteiger partial charge in [-0.2, -0.15) is 18.4 Å². The molecule has 1 aromatic carbocycles. The Morgan fingerprint density at radius 3 is 2.14 bits per heavy atom. The van der Waals surface area contributed by atoms with Crippen molar-refractivity contribution in [2.45, 2.75) is 12.5 Å². The lowest BCUT2D eigenvalue weighted by molar-refractivity contribution is -0.276. The molecule has 0 heterocycles. The predicted octanol–water partition coefficient (Wildman–Crippen LogP) is 3.26. The number of halogens is 6. The van der Waals surface area contributed by atoms with Crippen LogP contribution in [0.3, 0.4) is 0 Å². The molecule has 1 rings (SSSR count). The maximum absolute atomic E-state index is 12.7. The Kier molecular flexibility index (Phi) is 4.36. The Bertz CT molecular complexity index is 600. The lowest BCUT2D eigenvalue weighted by atomic mass is 10.0. The SMILES string of the molecule is COC(=O)c1ccc(C(F)(F)F)c(OC(F)(F)F)c1C#N. The van der Waals surface area contributed by atoms with Gasteiger partial charge in [-0.3, -0.25) is 0 Å². The number of methoxy groups -OCH3 is 1. The van der Waals surface area contributed by atoms with Gasteiger partial charge >= 0.3 is 18.5 Å². The second kappa shape index (κ2) is 5.51. The number of nitrogens with zero attached hydrogens (tertiary/aromatic N) is 1. The summed E-state index contributed by atoms with van der Waals surface area (Å²) in [5.41, 5.74) is -3.81. The van der Waals surface area contributed by atoms with Crippen molar-refractivity contribution in [3.63, 3.8) is 0 Å². The number of nitriles is 1. The topological polar surface area (TPSA) is 59.3 Å². The van der Waals surface area contributed by atoms with Crippen LogP contribution in [0.25, 0.3) is 0 Å². The smallest absolute Gasteiger partial charge is 0.465 e. The Labute approximate surface area is 113 Å². The van der Waals surface area contributed by atoms with Gasteiger partial charge in [0.1, 0.15) is 11.6 Å². The van der Waals surface area contributed by atoms with E-state index >= 15 is 0 Å². The average Bonchev–Trinajstić information content (AvgIpc) is 2.33. The van der Waals surface area contributed by atoms with Gasteiger partial charge < -0.3 is 9.47 Å². The van der Waals surface area contributed by atoms with E-state index in [1.165, 1.54) is 0 Å². The monoisotopic (exact) mass is 313 g/mol. The van der Waals surface area contributed by atoms with E-state index in [1.807, 2.05) is 0 Å². The van der Waals surface area contributed by atoms with Crippen molar-refractivity contribution in [2.75, 3.05) is 7.11 Å². The first-order valence-corrected chi connectivity index (χ1v) is 4.99. The molecule has 0 aliphatic carbocycles. The minimum Gasteiger partial charge on any atom is -0.465 e. The first-order chi connectivity index (χ1) is 9.51. The molecule has 4 nitrogen and oxygen atoms in total. The molecule has 0 bridgehead atoms. The average molecular weight is 313 g/mol. The van der Waals surface area contributed by atoms with Crippen molar-refractivity contribution < 1.29 is 40.6 Å². The zero-order chi connectivity index (χ0) is 16.4. The molecule has 0 aliphatic heterocycles. The summed E-state index contributed by atoms with van der Waals surface area (Å²) < 4.78 is 82.2. The van der Waals surface area contributed by atoms with Gasteiger partial charge in [-0.05, 0) is 12.1 Å². The van der Waals surface area contributed by atoms with Crippen LogP contribution >= 0.6 is 0 Å². The Morgan fingerprint density at radius 2 is 1.76 bits per heavy atom. The molecule has 0 atom stereocenters. The molecule has 0 aromatic heterocycles. The van der Waals surface area contributed by atoms with Crippen LogP contribution in [-0.4, -0.2) is 19.4 Å².